The highest BCUT2D eigenvalue weighted by atomic mass is 35.5. The third-order valence-corrected chi connectivity index (χ3v) is 6.58. The molecule has 35 heavy (non-hydrogen) atoms. The van der Waals surface area contributed by atoms with E-state index in [4.69, 9.17) is 20.8 Å². The van der Waals surface area contributed by atoms with Gasteiger partial charge in [-0.2, -0.15) is 0 Å². The third kappa shape index (κ3) is 5.21. The summed E-state index contributed by atoms with van der Waals surface area (Å²) in [6.45, 7) is 6.74. The van der Waals surface area contributed by atoms with E-state index < -0.39 is 12.0 Å². The molecular formula is C25H29ClN4O5. The quantitative estimate of drug-likeness (QED) is 0.586. The van der Waals surface area contributed by atoms with E-state index in [9.17, 15) is 14.4 Å². The van der Waals surface area contributed by atoms with Crippen LogP contribution in [0.3, 0.4) is 0 Å². The molecule has 1 atom stereocenters. The monoisotopic (exact) mass is 500 g/mol. The summed E-state index contributed by atoms with van der Waals surface area (Å²) >= 11 is 6.46. The molecule has 3 amide bonds. The molecule has 1 aromatic heterocycles. The molecule has 0 unspecified atom stereocenters. The number of nitrogens with zero attached hydrogens (tertiary/aromatic N) is 3. The number of furan rings is 1. The number of urea groups is 1. The molecule has 1 saturated heterocycles. The van der Waals surface area contributed by atoms with Gasteiger partial charge in [-0.25, -0.2) is 9.59 Å². The van der Waals surface area contributed by atoms with Gasteiger partial charge >= 0.3 is 12.0 Å². The van der Waals surface area contributed by atoms with Crippen molar-refractivity contribution in [1.29, 1.82) is 0 Å². The van der Waals surface area contributed by atoms with Gasteiger partial charge in [-0.1, -0.05) is 29.8 Å². The second kappa shape index (κ2) is 11.0. The number of piperazine rings is 1. The summed E-state index contributed by atoms with van der Waals surface area (Å²) in [6.07, 6.45) is 1.48. The van der Waals surface area contributed by atoms with Gasteiger partial charge in [-0.15, -0.1) is 0 Å². The van der Waals surface area contributed by atoms with Gasteiger partial charge in [0, 0.05) is 50.0 Å². The molecule has 10 heteroatoms. The zero-order valence-corrected chi connectivity index (χ0v) is 20.6. The smallest absolute Gasteiger partial charge is 0.338 e. The van der Waals surface area contributed by atoms with Crippen LogP contribution in [0.2, 0.25) is 5.02 Å². The van der Waals surface area contributed by atoms with Gasteiger partial charge in [0.15, 0.2) is 5.76 Å². The summed E-state index contributed by atoms with van der Waals surface area (Å²) in [4.78, 5) is 44.3. The fourth-order valence-corrected chi connectivity index (χ4v) is 4.72. The fourth-order valence-electron chi connectivity index (χ4n) is 4.48. The van der Waals surface area contributed by atoms with E-state index in [0.29, 0.717) is 66.9 Å². The van der Waals surface area contributed by atoms with Gasteiger partial charge in [0.25, 0.3) is 5.91 Å². The molecule has 1 aromatic carbocycles. The van der Waals surface area contributed by atoms with E-state index >= 15 is 0 Å². The molecule has 1 N–H and O–H groups in total. The molecule has 3 heterocycles. The number of esters is 1. The standard InChI is InChI=1S/C25H29ClN4O5/c1-3-30-19(16-28-11-13-29(14-12-28)23(31)20-10-7-15-35-20)21(24(32)34-4-2)22(27-25(30)33)17-8-5-6-9-18(17)26/h5-10,15,22H,3-4,11-14,16H2,1-2H3,(H,27,33)/t22-/m0/s1. The number of amides is 3. The molecule has 4 rings (SSSR count). The molecule has 0 bridgehead atoms. The number of nitrogens with one attached hydrogen (secondary N) is 1. The van der Waals surface area contributed by atoms with Gasteiger partial charge in [-0.3, -0.25) is 14.6 Å². The van der Waals surface area contributed by atoms with Crippen molar-refractivity contribution < 1.29 is 23.5 Å². The average Bonchev–Trinajstić information content (AvgIpc) is 3.39. The summed E-state index contributed by atoms with van der Waals surface area (Å²) in [7, 11) is 0. The van der Waals surface area contributed by atoms with Crippen LogP contribution in [0.1, 0.15) is 36.0 Å². The minimum Gasteiger partial charge on any atom is -0.463 e. The van der Waals surface area contributed by atoms with E-state index in [-0.39, 0.29) is 18.5 Å². The topological polar surface area (TPSA) is 95.3 Å². The summed E-state index contributed by atoms with van der Waals surface area (Å²) in [5, 5.41) is 3.38. The molecular weight excluding hydrogens is 472 g/mol. The minimum atomic E-state index is -0.727. The lowest BCUT2D eigenvalue weighted by Gasteiger charge is -2.40. The van der Waals surface area contributed by atoms with Gasteiger partial charge in [0.05, 0.1) is 24.5 Å². The van der Waals surface area contributed by atoms with Gasteiger partial charge in [-0.05, 0) is 37.6 Å². The maximum absolute atomic E-state index is 13.2. The zero-order chi connectivity index (χ0) is 24.9. The first-order chi connectivity index (χ1) is 16.9. The summed E-state index contributed by atoms with van der Waals surface area (Å²) in [5.74, 6) is -0.320. The highest BCUT2D eigenvalue weighted by Crippen LogP contribution is 2.35. The van der Waals surface area contributed by atoms with Crippen LogP contribution in [-0.2, 0) is 9.53 Å². The molecule has 186 valence electrons. The molecule has 9 nitrogen and oxygen atoms in total. The number of carbonyl (C=O) groups is 3. The number of hydrogen-bond donors (Lipinski definition) is 1. The van der Waals surface area contributed by atoms with Gasteiger partial charge in [0.2, 0.25) is 0 Å². The Bertz CT molecular complexity index is 1110. The number of benzene rings is 1. The molecule has 0 saturated carbocycles. The predicted octanol–water partition coefficient (Wildman–Crippen LogP) is 3.29. The number of carbonyl (C=O) groups excluding carboxylic acids is 3. The molecule has 0 spiro atoms. The van der Waals surface area contributed by atoms with Crippen LogP contribution in [0.15, 0.2) is 58.3 Å². The lowest BCUT2D eigenvalue weighted by molar-refractivity contribution is -0.139. The zero-order valence-electron chi connectivity index (χ0n) is 19.8. The second-order valence-corrected chi connectivity index (χ2v) is 8.68. The summed E-state index contributed by atoms with van der Waals surface area (Å²) < 4.78 is 10.6. The summed E-state index contributed by atoms with van der Waals surface area (Å²) in [5.41, 5.74) is 1.59. The highest BCUT2D eigenvalue weighted by Gasteiger charge is 2.39. The first-order valence-corrected chi connectivity index (χ1v) is 12.1. The largest absolute Gasteiger partial charge is 0.463 e. The van der Waals surface area contributed by atoms with Gasteiger partial charge in [0.1, 0.15) is 0 Å². The number of ether oxygens (including phenoxy) is 1. The Morgan fingerprint density at radius 3 is 2.49 bits per heavy atom. The van der Waals surface area contributed by atoms with Crippen molar-refractivity contribution in [2.75, 3.05) is 45.9 Å². The number of hydrogen-bond acceptors (Lipinski definition) is 6. The Hall–Kier alpha value is -3.30. The maximum Gasteiger partial charge on any atom is 0.338 e. The molecule has 1 fully saturated rings. The number of rotatable bonds is 7. The number of halogens is 1. The van der Waals surface area contributed by atoms with Crippen molar-refractivity contribution in [2.45, 2.75) is 19.9 Å². The first kappa shape index (κ1) is 24.8. The van der Waals surface area contributed by atoms with Crippen LogP contribution in [-0.4, -0.2) is 78.5 Å². The molecule has 0 radical (unpaired) electrons. The van der Waals surface area contributed by atoms with E-state index in [2.05, 4.69) is 10.2 Å². The summed E-state index contributed by atoms with van der Waals surface area (Å²) in [6, 6.07) is 9.46. The van der Waals surface area contributed by atoms with Crippen LogP contribution in [0.4, 0.5) is 4.79 Å². The van der Waals surface area contributed by atoms with E-state index in [1.54, 1.807) is 47.1 Å². The predicted molar refractivity (Wildman–Crippen MR) is 130 cm³/mol. The lowest BCUT2D eigenvalue weighted by Crippen LogP contribution is -2.53. The van der Waals surface area contributed by atoms with Gasteiger partial charge < -0.3 is 19.4 Å². The normalized spacial score (nSPS) is 19.1. The SMILES string of the molecule is CCOC(=O)C1=C(CN2CCN(C(=O)c3ccco3)CC2)N(CC)C(=O)N[C@H]1c1ccccc1Cl. The molecule has 2 aliphatic heterocycles. The Morgan fingerprint density at radius 2 is 1.86 bits per heavy atom. The lowest BCUT2D eigenvalue weighted by atomic mass is 9.94. The van der Waals surface area contributed by atoms with Crippen LogP contribution >= 0.6 is 11.6 Å². The fraction of sp³-hybridized carbons (Fsp3) is 0.400. The Balaban J connectivity index is 1.62. The molecule has 2 aromatic rings. The average molecular weight is 501 g/mol. The van der Waals surface area contributed by atoms with E-state index in [0.717, 1.165) is 0 Å². The van der Waals surface area contributed by atoms with Crippen LogP contribution in [0.25, 0.3) is 0 Å². The van der Waals surface area contributed by atoms with Crippen molar-refractivity contribution in [3.8, 4) is 0 Å². The Labute approximate surface area is 209 Å². The van der Waals surface area contributed by atoms with Crippen LogP contribution in [0, 0.1) is 0 Å². The van der Waals surface area contributed by atoms with E-state index in [1.165, 1.54) is 6.26 Å². The van der Waals surface area contributed by atoms with Crippen molar-refractivity contribution >= 4 is 29.5 Å². The van der Waals surface area contributed by atoms with Crippen LogP contribution in [0.5, 0.6) is 0 Å². The maximum atomic E-state index is 13.2. The van der Waals surface area contributed by atoms with Crippen molar-refractivity contribution in [1.82, 2.24) is 20.0 Å². The van der Waals surface area contributed by atoms with Crippen LogP contribution < -0.4 is 5.32 Å². The molecule has 2 aliphatic rings. The number of likely N-dealkylation sites (N-methyl/N-ethyl adjacent to an activating group) is 1. The highest BCUT2D eigenvalue weighted by molar-refractivity contribution is 6.31. The second-order valence-electron chi connectivity index (χ2n) is 8.27. The van der Waals surface area contributed by atoms with Crippen molar-refractivity contribution in [3.05, 3.63) is 70.3 Å². The minimum absolute atomic E-state index is 0.146. The Morgan fingerprint density at radius 1 is 1.11 bits per heavy atom. The third-order valence-electron chi connectivity index (χ3n) is 6.23. The van der Waals surface area contributed by atoms with Crippen molar-refractivity contribution in [2.24, 2.45) is 0 Å². The van der Waals surface area contributed by atoms with Crippen molar-refractivity contribution in [3.63, 3.8) is 0 Å². The molecule has 0 aliphatic carbocycles. The van der Waals surface area contributed by atoms with E-state index in [1.807, 2.05) is 13.0 Å². The Kier molecular flexibility index (Phi) is 7.77. The first-order valence-electron chi connectivity index (χ1n) is 11.7.